The van der Waals surface area contributed by atoms with E-state index in [0.717, 1.165) is 29.1 Å². The van der Waals surface area contributed by atoms with Gasteiger partial charge in [-0.05, 0) is 37.1 Å². The van der Waals surface area contributed by atoms with Crippen LogP contribution in [0.25, 0.3) is 10.2 Å². The van der Waals surface area contributed by atoms with E-state index in [1.54, 1.807) is 30.2 Å². The lowest BCUT2D eigenvalue weighted by Crippen LogP contribution is -2.49. The molecule has 2 aliphatic rings. The van der Waals surface area contributed by atoms with Crippen LogP contribution < -0.4 is 9.64 Å². The number of anilines is 1. The van der Waals surface area contributed by atoms with Crippen molar-refractivity contribution in [3.8, 4) is 5.75 Å². The van der Waals surface area contributed by atoms with Gasteiger partial charge in [-0.2, -0.15) is 4.31 Å². The summed E-state index contributed by atoms with van der Waals surface area (Å²) in [6.07, 6.45) is 1.19. The largest absolute Gasteiger partial charge is 0.494 e. The second-order valence-electron chi connectivity index (χ2n) is 9.13. The zero-order chi connectivity index (χ0) is 26.9. The number of methoxy groups -OCH3 is 1. The van der Waals surface area contributed by atoms with E-state index in [1.165, 1.54) is 21.7 Å². The standard InChI is InChI=1S/C24H28Cl2N4O5S3/c1-34-18-5-4-17(25)22-21(18)27-24(37-22)30(10-9-28-11-13-35-14-12-28)23(31)16-3-2-8-29(15-16)38(32,33)20-7-6-19(26)36-20/h4-7,16H,2-3,8-15H2,1H3. The summed E-state index contributed by atoms with van der Waals surface area (Å²) in [5.41, 5.74) is 0.603. The van der Waals surface area contributed by atoms with Crippen molar-refractivity contribution in [3.05, 3.63) is 33.6 Å². The molecule has 0 radical (unpaired) electrons. The Bertz CT molecular complexity index is 1410. The molecule has 9 nitrogen and oxygen atoms in total. The number of carbonyl (C=O) groups is 1. The number of aromatic nitrogens is 1. The lowest BCUT2D eigenvalue weighted by molar-refractivity contribution is -0.123. The van der Waals surface area contributed by atoms with Gasteiger partial charge in [-0.3, -0.25) is 14.6 Å². The molecule has 1 amide bonds. The molecule has 1 aromatic carbocycles. The first-order valence-electron chi connectivity index (χ1n) is 12.3. The maximum atomic E-state index is 14.0. The van der Waals surface area contributed by atoms with E-state index in [2.05, 4.69) is 4.90 Å². The second-order valence-corrected chi connectivity index (χ2v) is 14.4. The fourth-order valence-corrected chi connectivity index (χ4v) is 9.18. The highest BCUT2D eigenvalue weighted by Gasteiger charge is 2.37. The number of piperidine rings is 1. The number of amides is 1. The molecule has 0 aliphatic carbocycles. The van der Waals surface area contributed by atoms with Crippen molar-refractivity contribution in [2.45, 2.75) is 17.1 Å². The van der Waals surface area contributed by atoms with Crippen LogP contribution in [-0.4, -0.2) is 88.1 Å². The van der Waals surface area contributed by atoms with Gasteiger partial charge in [0.15, 0.2) is 5.13 Å². The number of thiophene rings is 1. The number of hydrogen-bond donors (Lipinski definition) is 0. The van der Waals surface area contributed by atoms with Gasteiger partial charge in [0.25, 0.3) is 10.0 Å². The smallest absolute Gasteiger partial charge is 0.252 e. The summed E-state index contributed by atoms with van der Waals surface area (Å²) in [6.45, 7) is 4.44. The first-order chi connectivity index (χ1) is 18.3. The highest BCUT2D eigenvalue weighted by atomic mass is 35.5. The Morgan fingerprint density at radius 1 is 1.18 bits per heavy atom. The zero-order valence-electron chi connectivity index (χ0n) is 20.8. The third-order valence-electron chi connectivity index (χ3n) is 6.78. The lowest BCUT2D eigenvalue weighted by atomic mass is 9.98. The molecule has 0 N–H and O–H groups in total. The summed E-state index contributed by atoms with van der Waals surface area (Å²) < 4.78 is 40.2. The van der Waals surface area contributed by atoms with Crippen LogP contribution in [0.5, 0.6) is 5.75 Å². The van der Waals surface area contributed by atoms with Crippen molar-refractivity contribution in [2.75, 3.05) is 64.5 Å². The van der Waals surface area contributed by atoms with Crippen LogP contribution in [0.4, 0.5) is 5.13 Å². The Morgan fingerprint density at radius 3 is 2.68 bits per heavy atom. The quantitative estimate of drug-likeness (QED) is 0.368. The number of halogens is 2. The average molecular weight is 620 g/mol. The third-order valence-corrected chi connectivity index (χ3v) is 11.9. The minimum Gasteiger partial charge on any atom is -0.494 e. The second kappa shape index (κ2) is 11.9. The van der Waals surface area contributed by atoms with Crippen molar-refractivity contribution in [1.82, 2.24) is 14.2 Å². The minimum absolute atomic E-state index is 0.111. The van der Waals surface area contributed by atoms with E-state index in [-0.39, 0.29) is 16.7 Å². The number of hydrogen-bond acceptors (Lipinski definition) is 9. The van der Waals surface area contributed by atoms with Crippen LogP contribution in [0.1, 0.15) is 12.8 Å². The monoisotopic (exact) mass is 618 g/mol. The maximum absolute atomic E-state index is 14.0. The molecule has 38 heavy (non-hydrogen) atoms. The van der Waals surface area contributed by atoms with E-state index in [1.807, 2.05) is 0 Å². The molecule has 1 atom stereocenters. The maximum Gasteiger partial charge on any atom is 0.252 e. The van der Waals surface area contributed by atoms with Crippen molar-refractivity contribution in [1.29, 1.82) is 0 Å². The summed E-state index contributed by atoms with van der Waals surface area (Å²) >= 11 is 14.8. The van der Waals surface area contributed by atoms with Crippen LogP contribution >= 0.6 is 45.9 Å². The van der Waals surface area contributed by atoms with Crippen molar-refractivity contribution < 1.29 is 22.7 Å². The van der Waals surface area contributed by atoms with Crippen LogP contribution in [0, 0.1) is 5.92 Å². The van der Waals surface area contributed by atoms with Crippen LogP contribution in [-0.2, 0) is 19.6 Å². The Morgan fingerprint density at radius 2 is 1.97 bits per heavy atom. The molecule has 0 bridgehead atoms. The molecule has 1 unspecified atom stereocenters. The molecule has 2 saturated heterocycles. The van der Waals surface area contributed by atoms with Crippen molar-refractivity contribution in [3.63, 3.8) is 0 Å². The van der Waals surface area contributed by atoms with Gasteiger partial charge in [0.05, 0.1) is 40.3 Å². The predicted octanol–water partition coefficient (Wildman–Crippen LogP) is 4.44. The van der Waals surface area contributed by atoms with Gasteiger partial charge in [-0.25, -0.2) is 13.4 Å². The number of rotatable bonds is 8. The predicted molar refractivity (Wildman–Crippen MR) is 152 cm³/mol. The number of benzene rings is 1. The van der Waals surface area contributed by atoms with Crippen LogP contribution in [0.15, 0.2) is 28.5 Å². The molecule has 3 aromatic rings. The molecular formula is C24H28Cl2N4O5S3. The summed E-state index contributed by atoms with van der Waals surface area (Å²) in [4.78, 5) is 22.8. The zero-order valence-corrected chi connectivity index (χ0v) is 24.7. The average Bonchev–Trinajstić information content (AvgIpc) is 3.57. The number of fused-ring (bicyclic) bond motifs is 1. The third kappa shape index (κ3) is 5.83. The molecular weight excluding hydrogens is 591 g/mol. The Hall–Kier alpha value is -1.51. The minimum atomic E-state index is -3.73. The highest BCUT2D eigenvalue weighted by molar-refractivity contribution is 7.91. The number of carbonyl (C=O) groups excluding carboxylic acids is 1. The fourth-order valence-electron chi connectivity index (χ4n) is 4.73. The summed E-state index contributed by atoms with van der Waals surface area (Å²) in [5, 5.41) is 1.06. The van der Waals surface area contributed by atoms with Gasteiger partial charge in [0, 0.05) is 39.3 Å². The van der Waals surface area contributed by atoms with Crippen LogP contribution in [0.2, 0.25) is 9.36 Å². The van der Waals surface area contributed by atoms with E-state index < -0.39 is 15.9 Å². The van der Waals surface area contributed by atoms with Gasteiger partial charge in [-0.1, -0.05) is 34.5 Å². The number of morpholine rings is 1. The SMILES string of the molecule is COc1ccc(Cl)c2sc(N(CCN3CCOCC3)C(=O)C3CCCN(S(=O)(=O)c4ccc(Cl)s4)C3)nc12. The van der Waals surface area contributed by atoms with Gasteiger partial charge in [0.2, 0.25) is 5.91 Å². The highest BCUT2D eigenvalue weighted by Crippen LogP contribution is 2.39. The van der Waals surface area contributed by atoms with Gasteiger partial charge < -0.3 is 9.47 Å². The fraction of sp³-hybridized carbons (Fsp3) is 0.500. The Balaban J connectivity index is 1.43. The Kier molecular flexibility index (Phi) is 8.80. The normalized spacial score (nSPS) is 19.6. The van der Waals surface area contributed by atoms with Crippen molar-refractivity contribution in [2.24, 2.45) is 5.92 Å². The number of ether oxygens (including phenoxy) is 2. The lowest BCUT2D eigenvalue weighted by Gasteiger charge is -2.34. The molecule has 4 heterocycles. The molecule has 206 valence electrons. The summed E-state index contributed by atoms with van der Waals surface area (Å²) in [6, 6.07) is 6.60. The molecule has 0 spiro atoms. The number of sulfonamides is 1. The molecule has 14 heteroatoms. The van der Waals surface area contributed by atoms with E-state index in [9.17, 15) is 13.2 Å². The molecule has 5 rings (SSSR count). The Labute approximate surface area is 239 Å². The first-order valence-corrected chi connectivity index (χ1v) is 16.1. The molecule has 2 aliphatic heterocycles. The first kappa shape index (κ1) is 28.0. The number of thiazole rings is 1. The summed E-state index contributed by atoms with van der Waals surface area (Å²) in [7, 11) is -2.16. The molecule has 0 saturated carbocycles. The van der Waals surface area contributed by atoms with Crippen LogP contribution in [0.3, 0.4) is 0 Å². The van der Waals surface area contributed by atoms with E-state index in [4.69, 9.17) is 37.7 Å². The van der Waals surface area contributed by atoms with Gasteiger partial charge in [-0.15, -0.1) is 11.3 Å². The van der Waals surface area contributed by atoms with Crippen molar-refractivity contribution >= 4 is 77.2 Å². The van der Waals surface area contributed by atoms with Gasteiger partial charge >= 0.3 is 0 Å². The molecule has 2 fully saturated rings. The van der Waals surface area contributed by atoms with Gasteiger partial charge in [0.1, 0.15) is 15.5 Å². The van der Waals surface area contributed by atoms with E-state index in [0.29, 0.717) is 71.4 Å². The van der Waals surface area contributed by atoms with E-state index >= 15 is 0 Å². The topological polar surface area (TPSA) is 92.3 Å². The molecule has 2 aromatic heterocycles. The summed E-state index contributed by atoms with van der Waals surface area (Å²) in [5.74, 6) is -0.0587. The number of nitrogens with zero attached hydrogens (tertiary/aromatic N) is 4.